The molecule has 0 aliphatic heterocycles. The first-order valence-electron chi connectivity index (χ1n) is 6.90. The summed E-state index contributed by atoms with van der Waals surface area (Å²) in [6.07, 6.45) is -0.365. The second-order valence-electron chi connectivity index (χ2n) is 4.41. The van der Waals surface area contributed by atoms with Gasteiger partial charge in [0.05, 0.1) is 12.8 Å². The zero-order valence-corrected chi connectivity index (χ0v) is 12.1. The number of benzene rings is 1. The Kier molecular flexibility index (Phi) is 8.10. The van der Waals surface area contributed by atoms with Crippen LogP contribution in [0.4, 0.5) is 4.79 Å². The first kappa shape index (κ1) is 17.5. The third-order valence-corrected chi connectivity index (χ3v) is 2.65. The second kappa shape index (κ2) is 10.2. The summed E-state index contributed by atoms with van der Waals surface area (Å²) in [5.41, 5.74) is 1.11. The molecule has 22 heavy (non-hydrogen) atoms. The molecule has 1 amide bonds. The minimum Gasteiger partial charge on any atom is -0.481 e. The SMILES string of the molecule is O=C(O)CCC(=O)OCCOC(=O)NCCc1ccccc1. The van der Waals surface area contributed by atoms with Gasteiger partial charge in [-0.15, -0.1) is 0 Å². The Morgan fingerprint density at radius 2 is 1.68 bits per heavy atom. The van der Waals surface area contributed by atoms with E-state index in [0.29, 0.717) is 13.0 Å². The summed E-state index contributed by atoms with van der Waals surface area (Å²) in [5, 5.41) is 11.0. The molecule has 0 fully saturated rings. The van der Waals surface area contributed by atoms with Crippen LogP contribution in [-0.2, 0) is 25.5 Å². The van der Waals surface area contributed by atoms with Crippen LogP contribution in [-0.4, -0.2) is 42.9 Å². The quantitative estimate of drug-likeness (QED) is 0.527. The summed E-state index contributed by atoms with van der Waals surface area (Å²) in [4.78, 5) is 32.7. The van der Waals surface area contributed by atoms with Crippen molar-refractivity contribution in [2.75, 3.05) is 19.8 Å². The molecule has 7 heteroatoms. The van der Waals surface area contributed by atoms with E-state index in [1.54, 1.807) is 0 Å². The monoisotopic (exact) mass is 309 g/mol. The number of nitrogens with one attached hydrogen (secondary N) is 1. The van der Waals surface area contributed by atoms with Gasteiger partial charge in [0.2, 0.25) is 0 Å². The molecular weight excluding hydrogens is 290 g/mol. The number of hydrogen-bond acceptors (Lipinski definition) is 5. The number of carbonyl (C=O) groups is 3. The molecule has 0 atom stereocenters. The van der Waals surface area contributed by atoms with Crippen molar-refractivity contribution < 1.29 is 29.0 Å². The van der Waals surface area contributed by atoms with Gasteiger partial charge in [-0.3, -0.25) is 9.59 Å². The lowest BCUT2D eigenvalue weighted by Gasteiger charge is -2.07. The minimum absolute atomic E-state index is 0.0734. The normalized spacial score (nSPS) is 9.82. The lowest BCUT2D eigenvalue weighted by Crippen LogP contribution is -2.27. The number of amides is 1. The van der Waals surface area contributed by atoms with Crippen molar-refractivity contribution in [1.82, 2.24) is 5.32 Å². The predicted octanol–water partition coefficient (Wildman–Crippen LogP) is 1.36. The van der Waals surface area contributed by atoms with Gasteiger partial charge in [0.1, 0.15) is 13.2 Å². The van der Waals surface area contributed by atoms with Crippen LogP contribution in [0.3, 0.4) is 0 Å². The Hall–Kier alpha value is -2.57. The van der Waals surface area contributed by atoms with Gasteiger partial charge in [-0.05, 0) is 12.0 Å². The van der Waals surface area contributed by atoms with E-state index in [9.17, 15) is 14.4 Å². The fourth-order valence-electron chi connectivity index (χ4n) is 1.58. The number of carboxylic acid groups (broad SMARTS) is 1. The average molecular weight is 309 g/mol. The van der Waals surface area contributed by atoms with Crippen molar-refractivity contribution in [2.45, 2.75) is 19.3 Å². The first-order valence-corrected chi connectivity index (χ1v) is 6.90. The molecule has 1 rings (SSSR count). The molecular formula is C15H19NO6. The van der Waals surface area contributed by atoms with E-state index in [4.69, 9.17) is 14.6 Å². The molecule has 120 valence electrons. The van der Waals surface area contributed by atoms with E-state index >= 15 is 0 Å². The zero-order chi connectivity index (χ0) is 16.2. The standard InChI is InChI=1S/C15H19NO6/c17-13(18)6-7-14(19)21-10-11-22-15(20)16-9-8-12-4-2-1-3-5-12/h1-5H,6-11H2,(H,16,20)(H,17,18). The Morgan fingerprint density at radius 3 is 2.36 bits per heavy atom. The van der Waals surface area contributed by atoms with Crippen LogP contribution in [0.2, 0.25) is 0 Å². The maximum Gasteiger partial charge on any atom is 0.407 e. The van der Waals surface area contributed by atoms with Gasteiger partial charge >= 0.3 is 18.0 Å². The number of hydrogen-bond donors (Lipinski definition) is 2. The highest BCUT2D eigenvalue weighted by Crippen LogP contribution is 1.98. The summed E-state index contributed by atoms with van der Waals surface area (Å²) in [7, 11) is 0. The maximum atomic E-state index is 11.3. The van der Waals surface area contributed by atoms with Crippen molar-refractivity contribution >= 4 is 18.0 Å². The van der Waals surface area contributed by atoms with Crippen molar-refractivity contribution in [3.8, 4) is 0 Å². The molecule has 0 radical (unpaired) electrons. The highest BCUT2D eigenvalue weighted by Gasteiger charge is 2.07. The van der Waals surface area contributed by atoms with Crippen LogP contribution < -0.4 is 5.32 Å². The number of carbonyl (C=O) groups excluding carboxylic acids is 2. The Balaban J connectivity index is 2.01. The van der Waals surface area contributed by atoms with E-state index in [2.05, 4.69) is 5.32 Å². The third kappa shape index (κ3) is 8.57. The molecule has 0 aliphatic carbocycles. The van der Waals surface area contributed by atoms with Gasteiger partial charge in [-0.1, -0.05) is 30.3 Å². The van der Waals surface area contributed by atoms with Gasteiger partial charge in [0.15, 0.2) is 0 Å². The number of esters is 1. The van der Waals surface area contributed by atoms with Gasteiger partial charge in [-0.2, -0.15) is 0 Å². The van der Waals surface area contributed by atoms with E-state index < -0.39 is 18.0 Å². The molecule has 0 unspecified atom stereocenters. The highest BCUT2D eigenvalue weighted by atomic mass is 16.6. The number of ether oxygens (including phenoxy) is 2. The summed E-state index contributed by atoms with van der Waals surface area (Å²) in [6, 6.07) is 9.69. The fourth-order valence-corrected chi connectivity index (χ4v) is 1.58. The Labute approximate surface area is 128 Å². The number of alkyl carbamates (subject to hydrolysis) is 1. The highest BCUT2D eigenvalue weighted by molar-refractivity contribution is 5.76. The summed E-state index contributed by atoms with van der Waals surface area (Å²) >= 11 is 0. The third-order valence-electron chi connectivity index (χ3n) is 2.65. The minimum atomic E-state index is -1.06. The molecule has 0 bridgehead atoms. The molecule has 7 nitrogen and oxygen atoms in total. The molecule has 0 spiro atoms. The van der Waals surface area contributed by atoms with Crippen LogP contribution in [0, 0.1) is 0 Å². The molecule has 0 aromatic heterocycles. The predicted molar refractivity (Wildman–Crippen MR) is 77.3 cm³/mol. The fraction of sp³-hybridized carbons (Fsp3) is 0.400. The van der Waals surface area contributed by atoms with Gasteiger partial charge in [0, 0.05) is 6.54 Å². The molecule has 2 N–H and O–H groups in total. The topological polar surface area (TPSA) is 102 Å². The van der Waals surface area contributed by atoms with E-state index in [0.717, 1.165) is 5.56 Å². The Bertz CT molecular complexity index is 488. The summed E-state index contributed by atoms with van der Waals surface area (Å²) in [5.74, 6) is -1.69. The van der Waals surface area contributed by atoms with Crippen molar-refractivity contribution in [1.29, 1.82) is 0 Å². The second-order valence-corrected chi connectivity index (χ2v) is 4.41. The van der Waals surface area contributed by atoms with Crippen LogP contribution in [0.15, 0.2) is 30.3 Å². The van der Waals surface area contributed by atoms with Gasteiger partial charge in [-0.25, -0.2) is 4.79 Å². The van der Waals surface area contributed by atoms with Crippen LogP contribution >= 0.6 is 0 Å². The van der Waals surface area contributed by atoms with Crippen molar-refractivity contribution in [3.63, 3.8) is 0 Å². The largest absolute Gasteiger partial charge is 0.481 e. The molecule has 0 saturated heterocycles. The summed E-state index contributed by atoms with van der Waals surface area (Å²) in [6.45, 7) is 0.280. The summed E-state index contributed by atoms with van der Waals surface area (Å²) < 4.78 is 9.52. The molecule has 0 saturated carbocycles. The van der Waals surface area contributed by atoms with Gasteiger partial charge in [0.25, 0.3) is 0 Å². The van der Waals surface area contributed by atoms with Crippen molar-refractivity contribution in [2.24, 2.45) is 0 Å². The van der Waals surface area contributed by atoms with E-state index in [1.807, 2.05) is 30.3 Å². The van der Waals surface area contributed by atoms with Crippen LogP contribution in [0.1, 0.15) is 18.4 Å². The lowest BCUT2D eigenvalue weighted by molar-refractivity contribution is -0.148. The van der Waals surface area contributed by atoms with Crippen LogP contribution in [0.25, 0.3) is 0 Å². The molecule has 1 aromatic carbocycles. The maximum absolute atomic E-state index is 11.3. The number of carboxylic acids is 1. The molecule has 1 aromatic rings. The Morgan fingerprint density at radius 1 is 1.00 bits per heavy atom. The smallest absolute Gasteiger partial charge is 0.407 e. The zero-order valence-electron chi connectivity index (χ0n) is 12.1. The lowest BCUT2D eigenvalue weighted by atomic mass is 10.1. The first-order chi connectivity index (χ1) is 10.6. The molecule has 0 heterocycles. The van der Waals surface area contributed by atoms with Crippen LogP contribution in [0.5, 0.6) is 0 Å². The number of aliphatic carboxylic acids is 1. The molecule has 0 aliphatic rings. The number of rotatable bonds is 9. The van der Waals surface area contributed by atoms with Gasteiger partial charge < -0.3 is 19.9 Å². The van der Waals surface area contributed by atoms with Crippen molar-refractivity contribution in [3.05, 3.63) is 35.9 Å². The van der Waals surface area contributed by atoms with E-state index in [1.165, 1.54) is 0 Å². The van der Waals surface area contributed by atoms with E-state index in [-0.39, 0.29) is 26.1 Å². The average Bonchev–Trinajstić information content (AvgIpc) is 2.50.